The zero-order valence-corrected chi connectivity index (χ0v) is 19.3. The summed E-state index contributed by atoms with van der Waals surface area (Å²) in [5.74, 6) is 1.70. The zero-order valence-electron chi connectivity index (χ0n) is 19.3. The van der Waals surface area contributed by atoms with Crippen LogP contribution in [0.1, 0.15) is 25.8 Å². The van der Waals surface area contributed by atoms with E-state index < -0.39 is 6.04 Å². The molecule has 1 atom stereocenters. The third kappa shape index (κ3) is 6.80. The molecule has 0 aliphatic rings. The smallest absolute Gasteiger partial charge is 0.261 e. The van der Waals surface area contributed by atoms with Crippen LogP contribution in [-0.2, 0) is 16.1 Å². The molecule has 0 aliphatic heterocycles. The maximum atomic E-state index is 13.2. The second kappa shape index (κ2) is 12.4. The van der Waals surface area contributed by atoms with Crippen LogP contribution in [0.3, 0.4) is 0 Å². The first-order valence-corrected chi connectivity index (χ1v) is 10.5. The third-order valence-electron chi connectivity index (χ3n) is 4.91. The van der Waals surface area contributed by atoms with Gasteiger partial charge < -0.3 is 29.2 Å². The van der Waals surface area contributed by atoms with Crippen LogP contribution in [-0.4, -0.2) is 57.2 Å². The second-order valence-electron chi connectivity index (χ2n) is 7.03. The van der Waals surface area contributed by atoms with Crippen LogP contribution in [0.25, 0.3) is 0 Å². The van der Waals surface area contributed by atoms with Gasteiger partial charge in [0.05, 0.1) is 21.3 Å². The number of hydrogen-bond donors (Lipinski definition) is 1. The molecule has 1 unspecified atom stereocenters. The normalized spacial score (nSPS) is 11.3. The molecule has 8 nitrogen and oxygen atoms in total. The van der Waals surface area contributed by atoms with Gasteiger partial charge in [0.2, 0.25) is 5.91 Å². The first-order valence-electron chi connectivity index (χ1n) is 10.5. The van der Waals surface area contributed by atoms with Crippen molar-refractivity contribution in [3.63, 3.8) is 0 Å². The number of hydrogen-bond acceptors (Lipinski definition) is 6. The Morgan fingerprint density at radius 3 is 2.09 bits per heavy atom. The van der Waals surface area contributed by atoms with E-state index in [0.717, 1.165) is 5.56 Å². The molecule has 2 aromatic rings. The molecule has 2 amide bonds. The summed E-state index contributed by atoms with van der Waals surface area (Å²) in [6, 6.07) is 11.8. The third-order valence-corrected chi connectivity index (χ3v) is 4.91. The van der Waals surface area contributed by atoms with E-state index in [2.05, 4.69) is 5.32 Å². The Morgan fingerprint density at radius 2 is 1.53 bits per heavy atom. The molecule has 0 fully saturated rings. The van der Waals surface area contributed by atoms with Gasteiger partial charge in [0.15, 0.2) is 6.61 Å². The lowest BCUT2D eigenvalue weighted by Gasteiger charge is -2.30. The predicted octanol–water partition coefficient (Wildman–Crippen LogP) is 3.03. The van der Waals surface area contributed by atoms with E-state index in [9.17, 15) is 9.59 Å². The number of nitrogens with zero attached hydrogens (tertiary/aromatic N) is 1. The number of ether oxygens (including phenoxy) is 4. The summed E-state index contributed by atoms with van der Waals surface area (Å²) in [4.78, 5) is 27.4. The lowest BCUT2D eigenvalue weighted by molar-refractivity contribution is -0.142. The van der Waals surface area contributed by atoms with Gasteiger partial charge in [-0.15, -0.1) is 0 Å². The van der Waals surface area contributed by atoms with Gasteiger partial charge in [-0.2, -0.15) is 0 Å². The number of carbonyl (C=O) groups excluding carboxylic acids is 2. The van der Waals surface area contributed by atoms with Crippen LogP contribution in [0.5, 0.6) is 23.0 Å². The summed E-state index contributed by atoms with van der Waals surface area (Å²) in [6.45, 7) is 4.21. The second-order valence-corrected chi connectivity index (χ2v) is 7.03. The minimum absolute atomic E-state index is 0.200. The van der Waals surface area contributed by atoms with E-state index in [4.69, 9.17) is 18.9 Å². The zero-order chi connectivity index (χ0) is 23.5. The quantitative estimate of drug-likeness (QED) is 0.542. The van der Waals surface area contributed by atoms with Crippen LogP contribution >= 0.6 is 0 Å². The number of nitrogens with one attached hydrogen (secondary N) is 1. The number of methoxy groups -OCH3 is 3. The van der Waals surface area contributed by atoms with Crippen LogP contribution < -0.4 is 24.3 Å². The Morgan fingerprint density at radius 1 is 0.906 bits per heavy atom. The Bertz CT molecular complexity index is 880. The van der Waals surface area contributed by atoms with Crippen LogP contribution in [0, 0.1) is 0 Å². The van der Waals surface area contributed by atoms with Crippen molar-refractivity contribution in [1.29, 1.82) is 0 Å². The van der Waals surface area contributed by atoms with Crippen LogP contribution in [0.15, 0.2) is 42.5 Å². The fourth-order valence-corrected chi connectivity index (χ4v) is 3.27. The van der Waals surface area contributed by atoms with Crippen molar-refractivity contribution in [1.82, 2.24) is 10.2 Å². The molecule has 0 radical (unpaired) electrons. The molecule has 1 N–H and O–H groups in total. The summed E-state index contributed by atoms with van der Waals surface area (Å²) in [5, 5.41) is 2.81. The Hall–Kier alpha value is -3.42. The average molecular weight is 445 g/mol. The monoisotopic (exact) mass is 444 g/mol. The highest BCUT2D eigenvalue weighted by Gasteiger charge is 2.28. The standard InChI is InChI=1S/C24H32N2O6/c1-6-22(24(28)25-7-2)26(15-17-9-8-10-18(11-17)29-3)23(27)16-32-21-13-19(30-4)12-20(14-21)31-5/h8-14,22H,6-7,15-16H2,1-5H3,(H,25,28). The van der Waals surface area contributed by atoms with Crippen molar-refractivity contribution in [2.24, 2.45) is 0 Å². The van der Waals surface area contributed by atoms with Gasteiger partial charge in [0.25, 0.3) is 5.91 Å². The molecular formula is C24H32N2O6. The summed E-state index contributed by atoms with van der Waals surface area (Å²) in [5.41, 5.74) is 0.850. The molecule has 2 aromatic carbocycles. The number of rotatable bonds is 12. The average Bonchev–Trinajstić information content (AvgIpc) is 2.82. The van der Waals surface area contributed by atoms with Gasteiger partial charge in [-0.05, 0) is 31.0 Å². The van der Waals surface area contributed by atoms with Crippen molar-refractivity contribution < 1.29 is 28.5 Å². The molecule has 0 bridgehead atoms. The van der Waals surface area contributed by atoms with Gasteiger partial charge in [0, 0.05) is 31.3 Å². The topological polar surface area (TPSA) is 86.3 Å². The van der Waals surface area contributed by atoms with Gasteiger partial charge >= 0.3 is 0 Å². The largest absolute Gasteiger partial charge is 0.497 e. The Labute approximate surface area is 189 Å². The number of likely N-dealkylation sites (N-methyl/N-ethyl adjacent to an activating group) is 1. The summed E-state index contributed by atoms with van der Waals surface area (Å²) in [6.07, 6.45) is 0.467. The minimum Gasteiger partial charge on any atom is -0.497 e. The van der Waals surface area contributed by atoms with E-state index in [1.807, 2.05) is 38.1 Å². The molecule has 0 saturated carbocycles. The van der Waals surface area contributed by atoms with Gasteiger partial charge in [-0.25, -0.2) is 0 Å². The Kier molecular flexibility index (Phi) is 9.66. The minimum atomic E-state index is -0.628. The molecule has 2 rings (SSSR count). The highest BCUT2D eigenvalue weighted by Crippen LogP contribution is 2.27. The molecule has 0 heterocycles. The van der Waals surface area contributed by atoms with Crippen molar-refractivity contribution in [3.8, 4) is 23.0 Å². The molecular weight excluding hydrogens is 412 g/mol. The molecule has 174 valence electrons. The van der Waals surface area contributed by atoms with E-state index in [0.29, 0.717) is 36.0 Å². The summed E-state index contributed by atoms with van der Waals surface area (Å²) in [7, 11) is 4.66. The molecule has 8 heteroatoms. The van der Waals surface area contributed by atoms with E-state index >= 15 is 0 Å². The van der Waals surface area contributed by atoms with E-state index in [1.165, 1.54) is 19.1 Å². The van der Waals surface area contributed by atoms with Crippen LogP contribution in [0.4, 0.5) is 0 Å². The highest BCUT2D eigenvalue weighted by atomic mass is 16.5. The fraction of sp³-hybridized carbons (Fsp3) is 0.417. The fourth-order valence-electron chi connectivity index (χ4n) is 3.27. The lowest BCUT2D eigenvalue weighted by atomic mass is 10.1. The van der Waals surface area contributed by atoms with Gasteiger partial charge in [0.1, 0.15) is 29.0 Å². The number of benzene rings is 2. The highest BCUT2D eigenvalue weighted by molar-refractivity contribution is 5.88. The van der Waals surface area contributed by atoms with Crippen molar-refractivity contribution in [3.05, 3.63) is 48.0 Å². The summed E-state index contributed by atoms with van der Waals surface area (Å²) < 4.78 is 21.5. The van der Waals surface area contributed by atoms with Gasteiger partial charge in [-0.3, -0.25) is 9.59 Å². The maximum absolute atomic E-state index is 13.2. The van der Waals surface area contributed by atoms with Crippen molar-refractivity contribution >= 4 is 11.8 Å². The van der Waals surface area contributed by atoms with Gasteiger partial charge in [-0.1, -0.05) is 19.1 Å². The first kappa shape index (κ1) is 24.8. The van der Waals surface area contributed by atoms with E-state index in [-0.39, 0.29) is 25.0 Å². The Balaban J connectivity index is 2.25. The molecule has 0 spiro atoms. The maximum Gasteiger partial charge on any atom is 0.261 e. The first-order chi connectivity index (χ1) is 15.4. The number of carbonyl (C=O) groups is 2. The molecule has 0 aromatic heterocycles. The number of amides is 2. The molecule has 32 heavy (non-hydrogen) atoms. The molecule has 0 aliphatic carbocycles. The van der Waals surface area contributed by atoms with Crippen molar-refractivity contribution in [2.75, 3.05) is 34.5 Å². The molecule has 0 saturated heterocycles. The predicted molar refractivity (Wildman–Crippen MR) is 121 cm³/mol. The summed E-state index contributed by atoms with van der Waals surface area (Å²) >= 11 is 0. The van der Waals surface area contributed by atoms with Crippen LogP contribution in [0.2, 0.25) is 0 Å². The SMILES string of the molecule is CCNC(=O)C(CC)N(Cc1cccc(OC)c1)C(=O)COc1cc(OC)cc(OC)c1. The van der Waals surface area contributed by atoms with E-state index in [1.54, 1.807) is 25.3 Å². The lowest BCUT2D eigenvalue weighted by Crippen LogP contribution is -2.50. The van der Waals surface area contributed by atoms with Crippen molar-refractivity contribution in [2.45, 2.75) is 32.9 Å².